The zero-order valence-electron chi connectivity index (χ0n) is 8.93. The predicted molar refractivity (Wildman–Crippen MR) is 71.8 cm³/mol. The van der Waals surface area contributed by atoms with Crippen LogP contribution in [0.1, 0.15) is 22.1 Å². The van der Waals surface area contributed by atoms with Gasteiger partial charge in [-0.3, -0.25) is 0 Å². The van der Waals surface area contributed by atoms with E-state index in [1.54, 1.807) is 35.6 Å². The maximum atomic E-state index is 10.1. The normalized spacial score (nSPS) is 12.1. The smallest absolute Gasteiger partial charge is 0.0991 e. The van der Waals surface area contributed by atoms with Crippen LogP contribution in [0.25, 0.3) is 0 Å². The summed E-state index contributed by atoms with van der Waals surface area (Å²) in [4.78, 5) is 1.13. The Morgan fingerprint density at radius 2 is 2.00 bits per heavy atom. The van der Waals surface area contributed by atoms with E-state index in [-0.39, 0.29) is 0 Å². The molecule has 1 aromatic heterocycles. The molecule has 0 spiro atoms. The van der Waals surface area contributed by atoms with Crippen LogP contribution < -0.4 is 0 Å². The Morgan fingerprint density at radius 1 is 1.29 bits per heavy atom. The highest BCUT2D eigenvalue weighted by atomic mass is 79.9. The Morgan fingerprint density at radius 3 is 2.53 bits per heavy atom. The maximum absolute atomic E-state index is 10.1. The molecule has 2 rings (SSSR count). The molecule has 0 aliphatic rings. The molecule has 0 aliphatic carbocycles. The number of aliphatic hydroxyl groups is 1. The molecule has 0 aliphatic heterocycles. The molecule has 2 aromatic rings. The van der Waals surface area contributed by atoms with Crippen molar-refractivity contribution in [2.45, 2.75) is 12.5 Å². The molecule has 1 aromatic carbocycles. The molecule has 0 saturated carbocycles. The van der Waals surface area contributed by atoms with Crippen molar-refractivity contribution >= 4 is 27.3 Å². The zero-order chi connectivity index (χ0) is 12.3. The van der Waals surface area contributed by atoms with Crippen molar-refractivity contribution in [3.8, 4) is 6.07 Å². The molecule has 1 unspecified atom stereocenters. The summed E-state index contributed by atoms with van der Waals surface area (Å²) in [6.07, 6.45) is 0.0575. The van der Waals surface area contributed by atoms with Crippen LogP contribution in [0.3, 0.4) is 0 Å². The number of nitriles is 1. The summed E-state index contributed by atoms with van der Waals surface area (Å²) < 4.78 is 1.04. The number of nitrogens with zero attached hydrogens (tertiary/aromatic N) is 1. The molecule has 0 radical (unpaired) electrons. The first-order valence-electron chi connectivity index (χ1n) is 5.10. The summed E-state index contributed by atoms with van der Waals surface area (Å²) in [7, 11) is 0. The molecule has 1 N–H and O–H groups in total. The molecule has 2 nitrogen and oxygen atoms in total. The van der Waals surface area contributed by atoms with Crippen LogP contribution in [0.4, 0.5) is 0 Å². The van der Waals surface area contributed by atoms with Crippen LogP contribution in [0.15, 0.2) is 40.2 Å². The van der Waals surface area contributed by atoms with Gasteiger partial charge in [0.05, 0.1) is 17.7 Å². The van der Waals surface area contributed by atoms with E-state index in [2.05, 4.69) is 22.0 Å². The van der Waals surface area contributed by atoms with Gasteiger partial charge in [0.1, 0.15) is 0 Å². The van der Waals surface area contributed by atoms with Gasteiger partial charge in [0.2, 0.25) is 0 Å². The van der Waals surface area contributed by atoms with E-state index in [1.807, 2.05) is 11.4 Å². The number of benzene rings is 1. The molecule has 1 heterocycles. The lowest BCUT2D eigenvalue weighted by atomic mass is 10.0. The lowest BCUT2D eigenvalue weighted by Gasteiger charge is -2.10. The Labute approximate surface area is 112 Å². The lowest BCUT2D eigenvalue weighted by molar-refractivity contribution is 0.179. The quantitative estimate of drug-likeness (QED) is 0.940. The standard InChI is InChI=1S/C13H10BrNOS/c14-11-5-6-17-13(11)7-12(16)10-3-1-9(8-15)2-4-10/h1-6,12,16H,7H2. The van der Waals surface area contributed by atoms with Gasteiger partial charge in [-0.2, -0.15) is 5.26 Å². The van der Waals surface area contributed by atoms with Gasteiger partial charge in [-0.05, 0) is 45.1 Å². The second-order valence-electron chi connectivity index (χ2n) is 3.65. The number of hydrogen-bond donors (Lipinski definition) is 1. The van der Waals surface area contributed by atoms with E-state index in [1.165, 1.54) is 0 Å². The largest absolute Gasteiger partial charge is 0.388 e. The summed E-state index contributed by atoms with van der Waals surface area (Å²) in [5, 5.41) is 20.8. The highest BCUT2D eigenvalue weighted by Gasteiger charge is 2.11. The number of hydrogen-bond acceptors (Lipinski definition) is 3. The van der Waals surface area contributed by atoms with Crippen molar-refractivity contribution < 1.29 is 5.11 Å². The molecule has 0 amide bonds. The molecule has 0 bridgehead atoms. The highest BCUT2D eigenvalue weighted by Crippen LogP contribution is 2.28. The van der Waals surface area contributed by atoms with Crippen LogP contribution in [-0.4, -0.2) is 5.11 Å². The van der Waals surface area contributed by atoms with Crippen LogP contribution in [-0.2, 0) is 6.42 Å². The molecule has 0 saturated heterocycles. The van der Waals surface area contributed by atoms with Gasteiger partial charge >= 0.3 is 0 Å². The topological polar surface area (TPSA) is 44.0 Å². The van der Waals surface area contributed by atoms with Crippen LogP contribution >= 0.6 is 27.3 Å². The average molecular weight is 308 g/mol. The van der Waals surface area contributed by atoms with Crippen molar-refractivity contribution in [3.05, 3.63) is 56.2 Å². The van der Waals surface area contributed by atoms with Crippen LogP contribution in [0, 0.1) is 11.3 Å². The SMILES string of the molecule is N#Cc1ccc(C(O)Cc2sccc2Br)cc1. The molecular formula is C13H10BrNOS. The first kappa shape index (κ1) is 12.3. The third-order valence-corrected chi connectivity index (χ3v) is 4.44. The minimum Gasteiger partial charge on any atom is -0.388 e. The third kappa shape index (κ3) is 2.95. The maximum Gasteiger partial charge on any atom is 0.0991 e. The average Bonchev–Trinajstić information content (AvgIpc) is 2.75. The number of thiophene rings is 1. The van der Waals surface area contributed by atoms with E-state index < -0.39 is 6.10 Å². The number of halogens is 1. The molecule has 4 heteroatoms. The van der Waals surface area contributed by atoms with Gasteiger partial charge in [0.15, 0.2) is 0 Å². The van der Waals surface area contributed by atoms with Gasteiger partial charge in [-0.25, -0.2) is 0 Å². The van der Waals surface area contributed by atoms with Gasteiger partial charge in [0, 0.05) is 15.8 Å². The first-order chi connectivity index (χ1) is 8.20. The van der Waals surface area contributed by atoms with Crippen molar-refractivity contribution in [1.29, 1.82) is 5.26 Å². The fraction of sp³-hybridized carbons (Fsp3) is 0.154. The fourth-order valence-electron chi connectivity index (χ4n) is 1.54. The van der Waals surface area contributed by atoms with Crippen molar-refractivity contribution in [2.75, 3.05) is 0 Å². The molecule has 17 heavy (non-hydrogen) atoms. The van der Waals surface area contributed by atoms with Gasteiger partial charge < -0.3 is 5.11 Å². The zero-order valence-corrected chi connectivity index (χ0v) is 11.3. The monoisotopic (exact) mass is 307 g/mol. The van der Waals surface area contributed by atoms with E-state index >= 15 is 0 Å². The summed E-state index contributed by atoms with van der Waals surface area (Å²) in [5.74, 6) is 0. The Kier molecular flexibility index (Phi) is 3.95. The minimum absolute atomic E-state index is 0.530. The van der Waals surface area contributed by atoms with E-state index in [4.69, 9.17) is 5.26 Å². The summed E-state index contributed by atoms with van der Waals surface area (Å²) in [6.45, 7) is 0. The molecule has 86 valence electrons. The summed E-state index contributed by atoms with van der Waals surface area (Å²) in [6, 6.07) is 11.1. The van der Waals surface area contributed by atoms with Crippen LogP contribution in [0.2, 0.25) is 0 Å². The van der Waals surface area contributed by atoms with E-state index in [9.17, 15) is 5.11 Å². The Hall–Kier alpha value is -1.15. The van der Waals surface area contributed by atoms with Crippen LogP contribution in [0.5, 0.6) is 0 Å². The van der Waals surface area contributed by atoms with Crippen molar-refractivity contribution in [3.63, 3.8) is 0 Å². The summed E-state index contributed by atoms with van der Waals surface area (Å²) >= 11 is 5.07. The van der Waals surface area contributed by atoms with Crippen molar-refractivity contribution in [1.82, 2.24) is 0 Å². The molecule has 1 atom stereocenters. The summed E-state index contributed by atoms with van der Waals surface area (Å²) in [5.41, 5.74) is 1.45. The number of aliphatic hydroxyl groups excluding tert-OH is 1. The third-order valence-electron chi connectivity index (χ3n) is 2.49. The molecule has 0 fully saturated rings. The second kappa shape index (κ2) is 5.46. The number of rotatable bonds is 3. The highest BCUT2D eigenvalue weighted by molar-refractivity contribution is 9.10. The fourth-order valence-corrected chi connectivity index (χ4v) is 3.10. The van der Waals surface area contributed by atoms with Gasteiger partial charge in [-0.1, -0.05) is 12.1 Å². The minimum atomic E-state index is -0.530. The second-order valence-corrected chi connectivity index (χ2v) is 5.50. The Bertz CT molecular complexity index is 541. The Balaban J connectivity index is 2.12. The van der Waals surface area contributed by atoms with E-state index in [0.717, 1.165) is 14.9 Å². The molecular weight excluding hydrogens is 298 g/mol. The van der Waals surface area contributed by atoms with Crippen molar-refractivity contribution in [2.24, 2.45) is 0 Å². The van der Waals surface area contributed by atoms with Gasteiger partial charge in [-0.15, -0.1) is 11.3 Å². The lowest BCUT2D eigenvalue weighted by Crippen LogP contribution is -2.00. The predicted octanol–water partition coefficient (Wildman–Crippen LogP) is 3.66. The van der Waals surface area contributed by atoms with E-state index in [0.29, 0.717) is 12.0 Å². The first-order valence-corrected chi connectivity index (χ1v) is 6.78. The van der Waals surface area contributed by atoms with Gasteiger partial charge in [0.25, 0.3) is 0 Å².